The molecule has 0 aromatic rings. The molecule has 2 aliphatic heterocycles. The number of likely N-dealkylation sites (tertiary alicyclic amines) is 1. The summed E-state index contributed by atoms with van der Waals surface area (Å²) in [5, 5.41) is 0. The number of carbonyl (C=O) groups is 2. The van der Waals surface area contributed by atoms with E-state index in [9.17, 15) is 9.59 Å². The quantitative estimate of drug-likeness (QED) is 0.676. The van der Waals surface area contributed by atoms with Gasteiger partial charge >= 0.3 is 6.09 Å². The van der Waals surface area contributed by atoms with Crippen LogP contribution in [0.1, 0.15) is 41.0 Å². The highest BCUT2D eigenvalue weighted by Gasteiger charge is 2.65. The van der Waals surface area contributed by atoms with Crippen LogP contribution >= 0.6 is 0 Å². The van der Waals surface area contributed by atoms with Crippen LogP contribution in [0.5, 0.6) is 0 Å². The Bertz CT molecular complexity index is 467. The smallest absolute Gasteiger partial charge is 0.417 e. The fourth-order valence-electron chi connectivity index (χ4n) is 3.33. The van der Waals surface area contributed by atoms with Crippen LogP contribution in [0.2, 0.25) is 0 Å². The number of nitrogens with zero attached hydrogens (tertiary/aromatic N) is 1. The van der Waals surface area contributed by atoms with E-state index in [-0.39, 0.29) is 30.1 Å². The normalized spacial score (nSPS) is 38.2. The average molecular weight is 283 g/mol. The third-order valence-corrected chi connectivity index (χ3v) is 3.91. The first-order chi connectivity index (χ1) is 9.09. The van der Waals surface area contributed by atoms with Crippen molar-refractivity contribution in [2.75, 3.05) is 0 Å². The Balaban J connectivity index is 1.80. The number of piperidine rings is 1. The molecule has 6 nitrogen and oxygen atoms in total. The molecule has 1 aliphatic carbocycles. The van der Waals surface area contributed by atoms with E-state index >= 15 is 0 Å². The van der Waals surface area contributed by atoms with Crippen LogP contribution < -0.4 is 0 Å². The van der Waals surface area contributed by atoms with Crippen molar-refractivity contribution in [2.24, 2.45) is 5.92 Å². The highest BCUT2D eigenvalue weighted by atomic mass is 16.8. The Morgan fingerprint density at radius 3 is 2.50 bits per heavy atom. The second kappa shape index (κ2) is 3.95. The Morgan fingerprint density at radius 1 is 1.30 bits per heavy atom. The van der Waals surface area contributed by atoms with Gasteiger partial charge in [0.2, 0.25) is 5.91 Å². The second-order valence-electron chi connectivity index (χ2n) is 7.16. The average Bonchev–Trinajstić information content (AvgIpc) is 2.81. The van der Waals surface area contributed by atoms with Crippen molar-refractivity contribution in [3.05, 3.63) is 0 Å². The molecular weight excluding hydrogens is 262 g/mol. The van der Waals surface area contributed by atoms with Crippen LogP contribution in [-0.4, -0.2) is 46.5 Å². The van der Waals surface area contributed by atoms with Crippen molar-refractivity contribution >= 4 is 12.0 Å². The van der Waals surface area contributed by atoms with Crippen molar-refractivity contribution in [1.29, 1.82) is 0 Å². The molecule has 3 fully saturated rings. The zero-order valence-electron chi connectivity index (χ0n) is 12.5. The second-order valence-corrected chi connectivity index (χ2v) is 7.16. The molecule has 0 N–H and O–H groups in total. The zero-order chi connectivity index (χ0) is 14.9. The van der Waals surface area contributed by atoms with Gasteiger partial charge in [0, 0.05) is 0 Å². The van der Waals surface area contributed by atoms with Crippen LogP contribution in [0.4, 0.5) is 4.79 Å². The summed E-state index contributed by atoms with van der Waals surface area (Å²) in [6.45, 7) is 9.00. The minimum Gasteiger partial charge on any atom is -0.443 e. The van der Waals surface area contributed by atoms with Crippen molar-refractivity contribution < 1.29 is 23.8 Å². The van der Waals surface area contributed by atoms with Crippen LogP contribution in [0, 0.1) is 5.92 Å². The van der Waals surface area contributed by atoms with E-state index < -0.39 is 17.5 Å². The van der Waals surface area contributed by atoms with E-state index in [0.29, 0.717) is 6.42 Å². The van der Waals surface area contributed by atoms with Crippen molar-refractivity contribution in [3.63, 3.8) is 0 Å². The Hall–Kier alpha value is -1.14. The van der Waals surface area contributed by atoms with Gasteiger partial charge in [0.25, 0.3) is 0 Å². The number of carbonyl (C=O) groups excluding carboxylic acids is 2. The predicted molar refractivity (Wildman–Crippen MR) is 68.8 cm³/mol. The molecule has 2 saturated heterocycles. The van der Waals surface area contributed by atoms with Gasteiger partial charge in [-0.15, -0.1) is 0 Å². The lowest BCUT2D eigenvalue weighted by Crippen LogP contribution is -2.53. The van der Waals surface area contributed by atoms with Gasteiger partial charge in [-0.1, -0.05) is 0 Å². The van der Waals surface area contributed by atoms with E-state index in [0.717, 1.165) is 0 Å². The first kappa shape index (κ1) is 13.8. The van der Waals surface area contributed by atoms with Crippen LogP contribution in [-0.2, 0) is 19.0 Å². The van der Waals surface area contributed by atoms with Gasteiger partial charge in [-0.2, -0.15) is 0 Å². The van der Waals surface area contributed by atoms with E-state index in [1.54, 1.807) is 20.8 Å². The van der Waals surface area contributed by atoms with Crippen LogP contribution in [0.3, 0.4) is 0 Å². The first-order valence-corrected chi connectivity index (χ1v) is 7.01. The summed E-state index contributed by atoms with van der Waals surface area (Å²) in [5.74, 6) is -1.19. The standard InChI is InChI=1S/C14H21NO5/c1-13(2,3)20-12(17)15-8-6-7(11(15)16)9-10(8)19-14(4,5)18-9/h7-10H,6H2,1-5H3. The maximum absolute atomic E-state index is 12.3. The van der Waals surface area contributed by atoms with Gasteiger partial charge in [-0.3, -0.25) is 4.79 Å². The maximum Gasteiger partial charge on any atom is 0.417 e. The highest BCUT2D eigenvalue weighted by molar-refractivity contribution is 5.97. The largest absolute Gasteiger partial charge is 0.443 e. The molecule has 4 atom stereocenters. The summed E-state index contributed by atoms with van der Waals surface area (Å²) in [4.78, 5) is 25.8. The fourth-order valence-corrected chi connectivity index (χ4v) is 3.33. The number of hydrogen-bond acceptors (Lipinski definition) is 5. The monoisotopic (exact) mass is 283 g/mol. The number of rotatable bonds is 0. The molecule has 0 aromatic heterocycles. The van der Waals surface area contributed by atoms with Gasteiger partial charge < -0.3 is 14.2 Å². The van der Waals surface area contributed by atoms with E-state index in [4.69, 9.17) is 14.2 Å². The third-order valence-electron chi connectivity index (χ3n) is 3.91. The molecule has 2 heterocycles. The molecule has 3 rings (SSSR count). The number of amides is 2. The molecule has 4 unspecified atom stereocenters. The minimum atomic E-state index is -0.698. The number of ether oxygens (including phenoxy) is 3. The lowest BCUT2D eigenvalue weighted by atomic mass is 10.0. The summed E-state index contributed by atoms with van der Waals surface area (Å²) in [6.07, 6.45) is -0.452. The van der Waals surface area contributed by atoms with Crippen LogP contribution in [0.25, 0.3) is 0 Å². The lowest BCUT2D eigenvalue weighted by molar-refractivity contribution is -0.156. The molecule has 1 saturated carbocycles. The maximum atomic E-state index is 12.3. The van der Waals surface area contributed by atoms with Gasteiger partial charge in [-0.05, 0) is 41.0 Å². The molecule has 2 amide bonds. The third kappa shape index (κ3) is 2.02. The van der Waals surface area contributed by atoms with Gasteiger partial charge in [0.15, 0.2) is 5.79 Å². The minimum absolute atomic E-state index is 0.202. The molecule has 6 heteroatoms. The predicted octanol–water partition coefficient (Wildman–Crippen LogP) is 1.67. The highest BCUT2D eigenvalue weighted by Crippen LogP contribution is 2.49. The molecule has 0 radical (unpaired) electrons. The lowest BCUT2D eigenvalue weighted by Gasteiger charge is -2.32. The van der Waals surface area contributed by atoms with E-state index in [1.165, 1.54) is 4.90 Å². The number of fused-ring (bicyclic) bond motifs is 5. The summed E-state index contributed by atoms with van der Waals surface area (Å²) in [6, 6.07) is -0.269. The molecule has 2 bridgehead atoms. The Labute approximate surface area is 118 Å². The molecule has 112 valence electrons. The summed E-state index contributed by atoms with van der Waals surface area (Å²) in [7, 11) is 0. The number of hydrogen-bond donors (Lipinski definition) is 0. The van der Waals surface area contributed by atoms with Gasteiger partial charge in [-0.25, -0.2) is 9.69 Å². The summed E-state index contributed by atoms with van der Waals surface area (Å²) >= 11 is 0. The van der Waals surface area contributed by atoms with E-state index in [1.807, 2.05) is 13.8 Å². The molecule has 0 spiro atoms. The van der Waals surface area contributed by atoms with Gasteiger partial charge in [0.05, 0.1) is 12.0 Å². The zero-order valence-corrected chi connectivity index (χ0v) is 12.5. The SMILES string of the molecule is CC(C)(C)OC(=O)N1C(=O)C2CC1C1OC(C)(C)OC21. The molecule has 20 heavy (non-hydrogen) atoms. The molecule has 0 aromatic carbocycles. The number of imide groups is 1. The first-order valence-electron chi connectivity index (χ1n) is 7.01. The Kier molecular flexibility index (Phi) is 2.73. The fraction of sp³-hybridized carbons (Fsp3) is 0.857. The summed E-state index contributed by atoms with van der Waals surface area (Å²) in [5.41, 5.74) is -0.620. The topological polar surface area (TPSA) is 65.1 Å². The summed E-state index contributed by atoms with van der Waals surface area (Å²) < 4.78 is 16.9. The molecule has 3 aliphatic rings. The van der Waals surface area contributed by atoms with Crippen LogP contribution in [0.15, 0.2) is 0 Å². The van der Waals surface area contributed by atoms with E-state index in [2.05, 4.69) is 0 Å². The van der Waals surface area contributed by atoms with Crippen molar-refractivity contribution in [1.82, 2.24) is 4.90 Å². The molecular formula is C14H21NO5. The van der Waals surface area contributed by atoms with Crippen molar-refractivity contribution in [2.45, 2.75) is 70.7 Å². The van der Waals surface area contributed by atoms with Gasteiger partial charge in [0.1, 0.15) is 17.8 Å². The Morgan fingerprint density at radius 2 is 1.90 bits per heavy atom. The van der Waals surface area contributed by atoms with Crippen molar-refractivity contribution in [3.8, 4) is 0 Å².